The van der Waals surface area contributed by atoms with Gasteiger partial charge in [0.1, 0.15) is 11.2 Å². The summed E-state index contributed by atoms with van der Waals surface area (Å²) < 4.78 is 8.58. The molecule has 0 saturated heterocycles. The van der Waals surface area contributed by atoms with E-state index in [1.54, 1.807) is 0 Å². The lowest BCUT2D eigenvalue weighted by atomic mass is 9.99. The van der Waals surface area contributed by atoms with E-state index in [-0.39, 0.29) is 0 Å². The van der Waals surface area contributed by atoms with Gasteiger partial charge in [0.2, 0.25) is 5.95 Å². The van der Waals surface area contributed by atoms with Crippen LogP contribution in [0.3, 0.4) is 0 Å². The molecule has 6 aromatic carbocycles. The maximum atomic E-state index is 6.38. The SMILES string of the molecule is c1ccc(-c2nc(-c3ccccc3)nc(-n3c4cccc(-c5ccccc5)c4c4ccc5oc6ccccc6c5c43)n2)cc1. The van der Waals surface area contributed by atoms with Gasteiger partial charge in [-0.3, -0.25) is 4.57 Å². The lowest BCUT2D eigenvalue weighted by molar-refractivity contribution is 0.669. The number of aromatic nitrogens is 4. The van der Waals surface area contributed by atoms with Gasteiger partial charge in [-0.25, -0.2) is 4.98 Å². The highest BCUT2D eigenvalue weighted by Crippen LogP contribution is 2.43. The molecule has 5 nitrogen and oxygen atoms in total. The van der Waals surface area contributed by atoms with Crippen LogP contribution in [0.2, 0.25) is 0 Å². The van der Waals surface area contributed by atoms with Crippen molar-refractivity contribution in [2.75, 3.05) is 0 Å². The first-order valence-electron chi connectivity index (χ1n) is 14.6. The van der Waals surface area contributed by atoms with Gasteiger partial charge < -0.3 is 4.42 Å². The molecule has 0 aliphatic rings. The van der Waals surface area contributed by atoms with E-state index in [2.05, 4.69) is 77.4 Å². The standard InChI is InChI=1S/C39H24N4O/c1-4-13-25(14-5-1)28-20-12-21-31-34(28)30-23-24-33-35(29-19-10-11-22-32(29)44-33)36(30)43(31)39-41-37(26-15-6-2-7-16-26)40-38(42-39)27-17-8-3-9-18-27/h1-24H. The topological polar surface area (TPSA) is 56.7 Å². The van der Waals surface area contributed by atoms with Crippen LogP contribution in [-0.4, -0.2) is 19.5 Å². The zero-order valence-electron chi connectivity index (χ0n) is 23.6. The molecule has 0 amide bonds. The van der Waals surface area contributed by atoms with Crippen molar-refractivity contribution in [3.63, 3.8) is 0 Å². The van der Waals surface area contributed by atoms with E-state index in [0.717, 1.165) is 66.0 Å². The van der Waals surface area contributed by atoms with Gasteiger partial charge in [0.05, 0.1) is 16.4 Å². The van der Waals surface area contributed by atoms with Crippen LogP contribution in [0, 0.1) is 0 Å². The first-order valence-corrected chi connectivity index (χ1v) is 14.6. The summed E-state index contributed by atoms with van der Waals surface area (Å²) in [5.74, 6) is 1.79. The molecule has 5 heteroatoms. The van der Waals surface area contributed by atoms with Crippen molar-refractivity contribution in [1.29, 1.82) is 0 Å². The Balaban J connectivity index is 1.47. The van der Waals surface area contributed by atoms with Gasteiger partial charge >= 0.3 is 0 Å². The highest BCUT2D eigenvalue weighted by atomic mass is 16.3. The largest absolute Gasteiger partial charge is 0.456 e. The Labute approximate surface area is 252 Å². The molecule has 0 saturated carbocycles. The van der Waals surface area contributed by atoms with Crippen LogP contribution in [0.15, 0.2) is 150 Å². The molecule has 9 rings (SSSR count). The molecule has 0 radical (unpaired) electrons. The number of rotatable bonds is 4. The number of hydrogen-bond acceptors (Lipinski definition) is 4. The molecule has 0 bridgehead atoms. The van der Waals surface area contributed by atoms with Crippen molar-refractivity contribution >= 4 is 43.7 Å². The minimum absolute atomic E-state index is 0.556. The smallest absolute Gasteiger partial charge is 0.238 e. The van der Waals surface area contributed by atoms with Gasteiger partial charge in [0.15, 0.2) is 11.6 Å². The number of benzene rings is 6. The van der Waals surface area contributed by atoms with Gasteiger partial charge in [-0.2, -0.15) is 9.97 Å². The van der Waals surface area contributed by atoms with Gasteiger partial charge in [0.25, 0.3) is 0 Å². The van der Waals surface area contributed by atoms with E-state index in [0.29, 0.717) is 17.6 Å². The summed E-state index contributed by atoms with van der Waals surface area (Å²) in [4.78, 5) is 15.3. The molecule has 0 aliphatic carbocycles. The monoisotopic (exact) mass is 564 g/mol. The molecular formula is C39H24N4O. The predicted octanol–water partition coefficient (Wildman–Crippen LogP) is 9.87. The van der Waals surface area contributed by atoms with Crippen molar-refractivity contribution < 1.29 is 4.42 Å². The third-order valence-electron chi connectivity index (χ3n) is 8.26. The van der Waals surface area contributed by atoms with Crippen LogP contribution in [0.1, 0.15) is 0 Å². The van der Waals surface area contributed by atoms with Crippen molar-refractivity contribution in [2.24, 2.45) is 0 Å². The summed E-state index contributed by atoms with van der Waals surface area (Å²) in [6.45, 7) is 0. The van der Waals surface area contributed by atoms with E-state index in [1.807, 2.05) is 72.8 Å². The zero-order chi connectivity index (χ0) is 29.0. The maximum absolute atomic E-state index is 6.38. The Bertz CT molecular complexity index is 2420. The summed E-state index contributed by atoms with van der Waals surface area (Å²) >= 11 is 0. The van der Waals surface area contributed by atoms with Crippen LogP contribution in [0.5, 0.6) is 0 Å². The summed E-state index contributed by atoms with van der Waals surface area (Å²) in [7, 11) is 0. The molecular weight excluding hydrogens is 540 g/mol. The van der Waals surface area contributed by atoms with Crippen LogP contribution in [0.4, 0.5) is 0 Å². The second kappa shape index (κ2) is 9.75. The fourth-order valence-electron chi connectivity index (χ4n) is 6.33. The molecule has 0 N–H and O–H groups in total. The predicted molar refractivity (Wildman–Crippen MR) is 178 cm³/mol. The fourth-order valence-corrected chi connectivity index (χ4v) is 6.33. The normalized spacial score (nSPS) is 11.6. The van der Waals surface area contributed by atoms with E-state index in [1.165, 1.54) is 0 Å². The minimum atomic E-state index is 0.556. The van der Waals surface area contributed by atoms with E-state index >= 15 is 0 Å². The van der Waals surface area contributed by atoms with E-state index in [4.69, 9.17) is 19.4 Å². The number of furan rings is 1. The van der Waals surface area contributed by atoms with Crippen LogP contribution in [0.25, 0.3) is 83.6 Å². The molecule has 0 fully saturated rings. The summed E-state index contributed by atoms with van der Waals surface area (Å²) in [5, 5.41) is 4.35. The first-order chi connectivity index (χ1) is 21.8. The van der Waals surface area contributed by atoms with E-state index in [9.17, 15) is 0 Å². The van der Waals surface area contributed by atoms with Gasteiger partial charge in [-0.1, -0.05) is 121 Å². The van der Waals surface area contributed by atoms with Crippen molar-refractivity contribution in [1.82, 2.24) is 19.5 Å². The first kappa shape index (κ1) is 24.5. The lowest BCUT2D eigenvalue weighted by Gasteiger charge is -2.11. The average molecular weight is 565 g/mol. The molecule has 0 aliphatic heterocycles. The molecule has 3 heterocycles. The van der Waals surface area contributed by atoms with Gasteiger partial charge in [-0.15, -0.1) is 0 Å². The number of nitrogens with zero attached hydrogens (tertiary/aromatic N) is 4. The Kier molecular flexibility index (Phi) is 5.43. The zero-order valence-corrected chi connectivity index (χ0v) is 23.6. The lowest BCUT2D eigenvalue weighted by Crippen LogP contribution is -2.06. The third-order valence-corrected chi connectivity index (χ3v) is 8.26. The minimum Gasteiger partial charge on any atom is -0.456 e. The molecule has 206 valence electrons. The highest BCUT2D eigenvalue weighted by Gasteiger charge is 2.23. The maximum Gasteiger partial charge on any atom is 0.238 e. The van der Waals surface area contributed by atoms with Crippen LogP contribution >= 0.6 is 0 Å². The second-order valence-electron chi connectivity index (χ2n) is 10.8. The molecule has 3 aromatic heterocycles. The molecule has 0 unspecified atom stereocenters. The third kappa shape index (κ3) is 3.76. The summed E-state index contributed by atoms with van der Waals surface area (Å²) in [5.41, 5.74) is 7.86. The Morgan fingerprint density at radius 3 is 1.73 bits per heavy atom. The van der Waals surface area contributed by atoms with Gasteiger partial charge in [-0.05, 0) is 35.4 Å². The van der Waals surface area contributed by atoms with Crippen molar-refractivity contribution in [3.8, 4) is 39.9 Å². The summed E-state index contributed by atoms with van der Waals surface area (Å²) in [6.07, 6.45) is 0. The van der Waals surface area contributed by atoms with Crippen molar-refractivity contribution in [3.05, 3.63) is 146 Å². The van der Waals surface area contributed by atoms with Crippen LogP contribution < -0.4 is 0 Å². The van der Waals surface area contributed by atoms with Crippen molar-refractivity contribution in [2.45, 2.75) is 0 Å². The fraction of sp³-hybridized carbons (Fsp3) is 0. The molecule has 44 heavy (non-hydrogen) atoms. The Morgan fingerprint density at radius 2 is 1.05 bits per heavy atom. The molecule has 0 atom stereocenters. The Morgan fingerprint density at radius 1 is 0.432 bits per heavy atom. The average Bonchev–Trinajstić information content (AvgIpc) is 3.65. The number of fused-ring (bicyclic) bond motifs is 7. The Hall–Kier alpha value is -6.07. The quantitative estimate of drug-likeness (QED) is 0.213. The molecule has 0 spiro atoms. The van der Waals surface area contributed by atoms with E-state index < -0.39 is 0 Å². The second-order valence-corrected chi connectivity index (χ2v) is 10.8. The summed E-state index contributed by atoms with van der Waals surface area (Å²) in [6, 6.07) is 49.7. The number of hydrogen-bond donors (Lipinski definition) is 0. The highest BCUT2D eigenvalue weighted by molar-refractivity contribution is 6.26. The van der Waals surface area contributed by atoms with Gasteiger partial charge in [0, 0.05) is 27.3 Å². The molecule has 9 aromatic rings. The number of para-hydroxylation sites is 1. The van der Waals surface area contributed by atoms with Crippen LogP contribution in [-0.2, 0) is 0 Å².